The molecule has 1 heterocycles. The fraction of sp³-hybridized carbons (Fsp3) is 0. The molecule has 144 valence electrons. The average molecular weight is 401 g/mol. The van der Waals surface area contributed by atoms with Gasteiger partial charge < -0.3 is 5.32 Å². The lowest BCUT2D eigenvalue weighted by Gasteiger charge is -2.08. The van der Waals surface area contributed by atoms with Crippen LogP contribution in [-0.2, 0) is 4.79 Å². The Kier molecular flexibility index (Phi) is 7.26. The molecule has 2 aromatic carbocycles. The van der Waals surface area contributed by atoms with Gasteiger partial charge in [0.25, 0.3) is 11.8 Å². The molecule has 0 aliphatic heterocycles. The first-order valence-electron chi connectivity index (χ1n) is 8.89. The summed E-state index contributed by atoms with van der Waals surface area (Å²) in [4.78, 5) is 25.8. The van der Waals surface area contributed by atoms with Crippen molar-refractivity contribution in [1.82, 2.24) is 10.7 Å². The number of carbonyl (C=O) groups is 2. The van der Waals surface area contributed by atoms with Crippen LogP contribution in [0.1, 0.15) is 20.8 Å². The van der Waals surface area contributed by atoms with E-state index < -0.39 is 5.91 Å². The number of rotatable bonds is 7. The molecule has 5 nitrogen and oxygen atoms in total. The van der Waals surface area contributed by atoms with E-state index in [1.165, 1.54) is 17.6 Å². The lowest BCUT2D eigenvalue weighted by atomic mass is 10.2. The fourth-order valence-electron chi connectivity index (χ4n) is 2.38. The zero-order chi connectivity index (χ0) is 20.3. The highest BCUT2D eigenvalue weighted by atomic mass is 32.1. The Bertz CT molecular complexity index is 1020. The predicted molar refractivity (Wildman–Crippen MR) is 118 cm³/mol. The van der Waals surface area contributed by atoms with Crippen molar-refractivity contribution in [3.8, 4) is 0 Å². The fourth-order valence-corrected chi connectivity index (χ4v) is 3.03. The Balaban J connectivity index is 1.67. The molecule has 0 fully saturated rings. The third kappa shape index (κ3) is 6.41. The van der Waals surface area contributed by atoms with Gasteiger partial charge in [-0.15, -0.1) is 11.3 Å². The van der Waals surface area contributed by atoms with Crippen molar-refractivity contribution < 1.29 is 9.59 Å². The number of nitrogens with zero attached hydrogens (tertiary/aromatic N) is 1. The van der Waals surface area contributed by atoms with Crippen LogP contribution in [0.3, 0.4) is 0 Å². The molecular formula is C23H19N3O2S. The molecule has 0 aliphatic carbocycles. The molecule has 0 aliphatic rings. The molecule has 2 N–H and O–H groups in total. The Morgan fingerprint density at radius 1 is 0.897 bits per heavy atom. The maximum absolute atomic E-state index is 12.5. The summed E-state index contributed by atoms with van der Waals surface area (Å²) < 4.78 is 0. The van der Waals surface area contributed by atoms with Gasteiger partial charge in [0.15, 0.2) is 0 Å². The van der Waals surface area contributed by atoms with E-state index in [1.807, 2.05) is 60.0 Å². The maximum Gasteiger partial charge on any atom is 0.287 e. The molecule has 29 heavy (non-hydrogen) atoms. The second-order valence-electron chi connectivity index (χ2n) is 5.88. The molecular weight excluding hydrogens is 382 g/mol. The number of nitrogens with one attached hydrogen (secondary N) is 2. The van der Waals surface area contributed by atoms with Crippen LogP contribution in [0.2, 0.25) is 0 Å². The van der Waals surface area contributed by atoms with E-state index in [2.05, 4.69) is 15.8 Å². The smallest absolute Gasteiger partial charge is 0.287 e. The normalized spacial score (nSPS) is 11.7. The van der Waals surface area contributed by atoms with Crippen molar-refractivity contribution in [2.24, 2.45) is 5.10 Å². The summed E-state index contributed by atoms with van der Waals surface area (Å²) in [6, 6.07) is 22.2. The molecule has 3 rings (SSSR count). The second kappa shape index (κ2) is 10.5. The summed E-state index contributed by atoms with van der Waals surface area (Å²) in [5.41, 5.74) is 4.05. The summed E-state index contributed by atoms with van der Waals surface area (Å²) in [5, 5.41) is 8.48. The second-order valence-corrected chi connectivity index (χ2v) is 6.86. The van der Waals surface area contributed by atoms with Crippen LogP contribution in [0.4, 0.5) is 0 Å². The largest absolute Gasteiger partial charge is 0.317 e. The highest BCUT2D eigenvalue weighted by molar-refractivity contribution is 7.10. The van der Waals surface area contributed by atoms with Crippen LogP contribution in [0.5, 0.6) is 0 Å². The van der Waals surface area contributed by atoms with Gasteiger partial charge in [-0.25, -0.2) is 5.43 Å². The number of thiophene rings is 1. The molecule has 0 bridgehead atoms. The van der Waals surface area contributed by atoms with Gasteiger partial charge in [0.1, 0.15) is 5.70 Å². The standard InChI is InChI=1S/C23H19N3O2S/c27-22(19-12-5-2-6-13-19)25-21(17-20-14-8-16-29-20)23(28)26-24-15-7-11-18-9-3-1-4-10-18/h1-17H,(H,25,27)(H,26,28)/b11-7+,21-17+,24-15+. The van der Waals surface area contributed by atoms with Crippen molar-refractivity contribution >= 4 is 41.5 Å². The molecule has 3 aromatic rings. The first-order chi connectivity index (χ1) is 14.2. The number of hydrogen-bond donors (Lipinski definition) is 2. The first kappa shape index (κ1) is 20.0. The average Bonchev–Trinajstić information content (AvgIpc) is 3.27. The molecule has 2 amide bonds. The SMILES string of the molecule is O=C(N/N=C/C=C/c1ccccc1)/C(=C\c1cccs1)NC(=O)c1ccccc1. The molecule has 0 atom stereocenters. The van der Waals surface area contributed by atoms with Crippen LogP contribution < -0.4 is 10.7 Å². The quantitative estimate of drug-likeness (QED) is 0.351. The number of carbonyl (C=O) groups excluding carboxylic acids is 2. The van der Waals surface area contributed by atoms with E-state index in [9.17, 15) is 9.59 Å². The summed E-state index contributed by atoms with van der Waals surface area (Å²) in [6.45, 7) is 0. The predicted octanol–water partition coefficient (Wildman–Crippen LogP) is 4.33. The van der Waals surface area contributed by atoms with Crippen molar-refractivity contribution in [2.45, 2.75) is 0 Å². The van der Waals surface area contributed by atoms with E-state index in [0.717, 1.165) is 10.4 Å². The van der Waals surface area contributed by atoms with E-state index in [1.54, 1.807) is 36.4 Å². The molecule has 1 aromatic heterocycles. The van der Waals surface area contributed by atoms with Gasteiger partial charge >= 0.3 is 0 Å². The highest BCUT2D eigenvalue weighted by Crippen LogP contribution is 2.13. The Labute approximate surface area is 173 Å². The number of hydrazone groups is 1. The zero-order valence-electron chi connectivity index (χ0n) is 15.5. The number of hydrogen-bond acceptors (Lipinski definition) is 4. The zero-order valence-corrected chi connectivity index (χ0v) is 16.3. The summed E-state index contributed by atoms with van der Waals surface area (Å²) in [7, 11) is 0. The van der Waals surface area contributed by atoms with Crippen molar-refractivity contribution in [3.05, 3.63) is 106 Å². The summed E-state index contributed by atoms with van der Waals surface area (Å²) in [6.07, 6.45) is 6.69. The van der Waals surface area contributed by atoms with Crippen molar-refractivity contribution in [1.29, 1.82) is 0 Å². The van der Waals surface area contributed by atoms with Crippen LogP contribution in [-0.4, -0.2) is 18.0 Å². The molecule has 0 saturated carbocycles. The number of allylic oxidation sites excluding steroid dienone is 1. The monoisotopic (exact) mass is 401 g/mol. The maximum atomic E-state index is 12.5. The Hall–Kier alpha value is -3.77. The number of benzene rings is 2. The number of amides is 2. The minimum Gasteiger partial charge on any atom is -0.317 e. The molecule has 0 saturated heterocycles. The van der Waals surface area contributed by atoms with E-state index in [4.69, 9.17) is 0 Å². The Morgan fingerprint density at radius 3 is 2.31 bits per heavy atom. The van der Waals surface area contributed by atoms with Crippen LogP contribution in [0, 0.1) is 0 Å². The minimum atomic E-state index is -0.507. The van der Waals surface area contributed by atoms with Gasteiger partial charge in [-0.3, -0.25) is 9.59 Å². The van der Waals surface area contributed by atoms with Gasteiger partial charge in [-0.05, 0) is 41.3 Å². The van der Waals surface area contributed by atoms with E-state index in [0.29, 0.717) is 5.56 Å². The van der Waals surface area contributed by atoms with E-state index >= 15 is 0 Å². The first-order valence-corrected chi connectivity index (χ1v) is 9.77. The Morgan fingerprint density at radius 2 is 1.62 bits per heavy atom. The molecule has 0 spiro atoms. The highest BCUT2D eigenvalue weighted by Gasteiger charge is 2.14. The third-order valence-electron chi connectivity index (χ3n) is 3.77. The van der Waals surface area contributed by atoms with Crippen LogP contribution in [0.25, 0.3) is 12.2 Å². The summed E-state index contributed by atoms with van der Waals surface area (Å²) >= 11 is 1.46. The van der Waals surface area contributed by atoms with Crippen molar-refractivity contribution in [2.75, 3.05) is 0 Å². The topological polar surface area (TPSA) is 70.6 Å². The summed E-state index contributed by atoms with van der Waals surface area (Å²) in [5.74, 6) is -0.872. The van der Waals surface area contributed by atoms with Crippen molar-refractivity contribution in [3.63, 3.8) is 0 Å². The van der Waals surface area contributed by atoms with Crippen LogP contribution in [0.15, 0.2) is 95.1 Å². The van der Waals surface area contributed by atoms with Crippen LogP contribution >= 0.6 is 11.3 Å². The molecule has 0 radical (unpaired) electrons. The molecule has 0 unspecified atom stereocenters. The van der Waals surface area contributed by atoms with Gasteiger partial charge in [-0.2, -0.15) is 5.10 Å². The van der Waals surface area contributed by atoms with E-state index in [-0.39, 0.29) is 11.6 Å². The lowest BCUT2D eigenvalue weighted by molar-refractivity contribution is -0.117. The lowest BCUT2D eigenvalue weighted by Crippen LogP contribution is -2.32. The van der Waals surface area contributed by atoms with Gasteiger partial charge in [-0.1, -0.05) is 60.7 Å². The minimum absolute atomic E-state index is 0.116. The van der Waals surface area contributed by atoms with Gasteiger partial charge in [0.2, 0.25) is 0 Å². The third-order valence-corrected chi connectivity index (χ3v) is 4.59. The van der Waals surface area contributed by atoms with Gasteiger partial charge in [0.05, 0.1) is 0 Å². The van der Waals surface area contributed by atoms with Gasteiger partial charge in [0, 0.05) is 16.7 Å². The molecule has 6 heteroatoms.